The van der Waals surface area contributed by atoms with Crippen LogP contribution in [0.5, 0.6) is 11.5 Å². The fourth-order valence-electron chi connectivity index (χ4n) is 2.41. The molecule has 138 valence electrons. The highest BCUT2D eigenvalue weighted by molar-refractivity contribution is 14.1. The topological polar surface area (TPSA) is 35.5 Å². The van der Waals surface area contributed by atoms with E-state index in [-0.39, 0.29) is 5.78 Å². The van der Waals surface area contributed by atoms with Gasteiger partial charge in [-0.3, -0.25) is 4.79 Å². The molecular weight excluding hydrogens is 495 g/mol. The zero-order valence-electron chi connectivity index (χ0n) is 14.4. The number of methoxy groups -OCH3 is 1. The van der Waals surface area contributed by atoms with Crippen LogP contribution in [0.15, 0.2) is 60.7 Å². The molecule has 1 aromatic heterocycles. The van der Waals surface area contributed by atoms with Crippen molar-refractivity contribution in [1.29, 1.82) is 0 Å². The highest BCUT2D eigenvalue weighted by Gasteiger charge is 2.07. The molecule has 0 atom stereocenters. The fourth-order valence-corrected chi connectivity index (χ4v) is 3.73. The highest BCUT2D eigenvalue weighted by atomic mass is 127. The van der Waals surface area contributed by atoms with E-state index in [0.29, 0.717) is 15.8 Å². The Morgan fingerprint density at radius 2 is 1.93 bits per heavy atom. The molecule has 0 saturated carbocycles. The first-order valence-corrected chi connectivity index (χ1v) is 10.4. The van der Waals surface area contributed by atoms with Crippen molar-refractivity contribution in [1.82, 2.24) is 0 Å². The quantitative estimate of drug-likeness (QED) is 0.207. The van der Waals surface area contributed by atoms with E-state index >= 15 is 0 Å². The Balaban J connectivity index is 1.73. The average molecular weight is 511 g/mol. The van der Waals surface area contributed by atoms with Crippen molar-refractivity contribution in [3.63, 3.8) is 0 Å². The Morgan fingerprint density at radius 1 is 1.15 bits per heavy atom. The lowest BCUT2D eigenvalue weighted by Gasteiger charge is -2.11. The van der Waals surface area contributed by atoms with Gasteiger partial charge in [0.25, 0.3) is 0 Å². The maximum Gasteiger partial charge on any atom is 0.195 e. The molecule has 0 aliphatic carbocycles. The third kappa shape index (κ3) is 5.57. The second-order valence-electron chi connectivity index (χ2n) is 5.62. The van der Waals surface area contributed by atoms with Crippen LogP contribution in [0.1, 0.15) is 20.8 Å². The van der Waals surface area contributed by atoms with E-state index in [1.54, 1.807) is 31.4 Å². The molecule has 0 fully saturated rings. The molecule has 0 spiro atoms. The van der Waals surface area contributed by atoms with E-state index in [1.165, 1.54) is 11.3 Å². The van der Waals surface area contributed by atoms with Crippen molar-refractivity contribution in [2.45, 2.75) is 6.61 Å². The number of ketones is 1. The van der Waals surface area contributed by atoms with Gasteiger partial charge in [-0.05, 0) is 82.8 Å². The molecule has 0 bridgehead atoms. The van der Waals surface area contributed by atoms with Crippen LogP contribution in [0.4, 0.5) is 0 Å². The van der Waals surface area contributed by atoms with Crippen molar-refractivity contribution in [2.75, 3.05) is 7.11 Å². The maximum atomic E-state index is 12.2. The van der Waals surface area contributed by atoms with Crippen LogP contribution in [-0.2, 0) is 6.61 Å². The fraction of sp³-hybridized carbons (Fsp3) is 0.0952. The first kappa shape index (κ1) is 19.9. The lowest BCUT2D eigenvalue weighted by atomic mass is 10.1. The van der Waals surface area contributed by atoms with E-state index in [9.17, 15) is 4.79 Å². The highest BCUT2D eigenvalue weighted by Crippen LogP contribution is 2.25. The predicted molar refractivity (Wildman–Crippen MR) is 119 cm³/mol. The van der Waals surface area contributed by atoms with Crippen LogP contribution in [0.3, 0.4) is 0 Å². The van der Waals surface area contributed by atoms with Gasteiger partial charge < -0.3 is 9.47 Å². The summed E-state index contributed by atoms with van der Waals surface area (Å²) in [5.74, 6) is 1.47. The van der Waals surface area contributed by atoms with Gasteiger partial charge in [0.2, 0.25) is 0 Å². The van der Waals surface area contributed by atoms with E-state index in [2.05, 4.69) is 22.6 Å². The van der Waals surface area contributed by atoms with Gasteiger partial charge in [0.1, 0.15) is 18.1 Å². The third-order valence-electron chi connectivity index (χ3n) is 3.76. The molecule has 0 saturated heterocycles. The standard InChI is InChI=1S/C21H16ClIO3S/c1-25-19-9-3-14(2-8-18(24)20-10-11-21(22)27-20)12-15(19)13-26-17-6-4-16(23)5-7-17/h2-12H,13H2,1H3/b8-2+. The lowest BCUT2D eigenvalue weighted by Crippen LogP contribution is -1.99. The van der Waals surface area contributed by atoms with Crippen molar-refractivity contribution < 1.29 is 14.3 Å². The summed E-state index contributed by atoms with van der Waals surface area (Å²) in [5.41, 5.74) is 1.80. The molecule has 6 heteroatoms. The minimum absolute atomic E-state index is 0.0700. The number of thiophene rings is 1. The molecule has 0 amide bonds. The number of rotatable bonds is 7. The van der Waals surface area contributed by atoms with Crippen LogP contribution >= 0.6 is 45.5 Å². The second-order valence-corrected chi connectivity index (χ2v) is 8.58. The minimum Gasteiger partial charge on any atom is -0.496 e. The van der Waals surface area contributed by atoms with Gasteiger partial charge >= 0.3 is 0 Å². The number of carbonyl (C=O) groups is 1. The monoisotopic (exact) mass is 510 g/mol. The molecule has 3 nitrogen and oxygen atoms in total. The number of carbonyl (C=O) groups excluding carboxylic acids is 1. The summed E-state index contributed by atoms with van der Waals surface area (Å²) in [6.45, 7) is 0.375. The minimum atomic E-state index is -0.0700. The van der Waals surface area contributed by atoms with Crippen molar-refractivity contribution in [3.8, 4) is 11.5 Å². The Hall–Kier alpha value is -1.83. The largest absolute Gasteiger partial charge is 0.496 e. The van der Waals surface area contributed by atoms with Crippen LogP contribution in [0.2, 0.25) is 4.34 Å². The average Bonchev–Trinajstić information content (AvgIpc) is 3.12. The first-order chi connectivity index (χ1) is 13.0. The Bertz CT molecular complexity index is 964. The Labute approximate surface area is 180 Å². The number of hydrogen-bond acceptors (Lipinski definition) is 4. The predicted octanol–water partition coefficient (Wildman–Crippen LogP) is 6.49. The van der Waals surface area contributed by atoms with Crippen LogP contribution in [-0.4, -0.2) is 12.9 Å². The van der Waals surface area contributed by atoms with Crippen molar-refractivity contribution in [2.24, 2.45) is 0 Å². The SMILES string of the molecule is COc1ccc(/C=C/C(=O)c2ccc(Cl)s2)cc1COc1ccc(I)cc1. The first-order valence-electron chi connectivity index (χ1n) is 8.08. The smallest absolute Gasteiger partial charge is 0.195 e. The van der Waals surface area contributed by atoms with E-state index in [0.717, 1.165) is 26.2 Å². The number of allylic oxidation sites excluding steroid dienone is 1. The number of hydrogen-bond donors (Lipinski definition) is 0. The van der Waals surface area contributed by atoms with Crippen molar-refractivity contribution >= 4 is 57.4 Å². The molecule has 3 rings (SSSR count). The molecule has 1 heterocycles. The second kappa shape index (κ2) is 9.39. The van der Waals surface area contributed by atoms with Gasteiger partial charge in [0, 0.05) is 9.13 Å². The molecule has 27 heavy (non-hydrogen) atoms. The number of ether oxygens (including phenoxy) is 2. The van der Waals surface area contributed by atoms with Gasteiger partial charge in [-0.2, -0.15) is 0 Å². The summed E-state index contributed by atoms with van der Waals surface area (Å²) in [7, 11) is 1.63. The molecule has 0 aliphatic rings. The van der Waals surface area contributed by atoms with Crippen LogP contribution < -0.4 is 9.47 Å². The molecule has 0 N–H and O–H groups in total. The van der Waals surface area contributed by atoms with Crippen molar-refractivity contribution in [3.05, 3.63) is 84.6 Å². The van der Waals surface area contributed by atoms with E-state index in [4.69, 9.17) is 21.1 Å². The van der Waals surface area contributed by atoms with Gasteiger partial charge in [-0.15, -0.1) is 11.3 Å². The Morgan fingerprint density at radius 3 is 2.59 bits per heavy atom. The summed E-state index contributed by atoms with van der Waals surface area (Å²) < 4.78 is 13.0. The van der Waals surface area contributed by atoms with Gasteiger partial charge in [-0.1, -0.05) is 23.7 Å². The van der Waals surface area contributed by atoms with E-state index < -0.39 is 0 Å². The van der Waals surface area contributed by atoms with E-state index in [1.807, 2.05) is 42.5 Å². The third-order valence-corrected chi connectivity index (χ3v) is 5.72. The zero-order chi connectivity index (χ0) is 19.2. The zero-order valence-corrected chi connectivity index (χ0v) is 18.2. The maximum absolute atomic E-state index is 12.2. The molecule has 0 radical (unpaired) electrons. The molecule has 0 aliphatic heterocycles. The lowest BCUT2D eigenvalue weighted by molar-refractivity contribution is 0.105. The molecule has 0 unspecified atom stereocenters. The van der Waals surface area contributed by atoms with Gasteiger partial charge in [0.15, 0.2) is 5.78 Å². The summed E-state index contributed by atoms with van der Waals surface area (Å²) in [4.78, 5) is 12.8. The summed E-state index contributed by atoms with van der Waals surface area (Å²) in [5, 5.41) is 0. The number of halogens is 2. The summed E-state index contributed by atoms with van der Waals surface area (Å²) in [6.07, 6.45) is 3.33. The molecule has 3 aromatic rings. The number of benzene rings is 2. The van der Waals surface area contributed by atoms with Gasteiger partial charge in [-0.25, -0.2) is 0 Å². The summed E-state index contributed by atoms with van der Waals surface area (Å²) in [6, 6.07) is 17.0. The molecular formula is C21H16ClIO3S. The normalized spacial score (nSPS) is 10.9. The van der Waals surface area contributed by atoms with Crippen LogP contribution in [0, 0.1) is 3.57 Å². The Kier molecular flexibility index (Phi) is 6.93. The van der Waals surface area contributed by atoms with Crippen LogP contribution in [0.25, 0.3) is 6.08 Å². The van der Waals surface area contributed by atoms with Gasteiger partial charge in [0.05, 0.1) is 16.3 Å². The summed E-state index contributed by atoms with van der Waals surface area (Å²) >= 11 is 9.41. The molecule has 2 aromatic carbocycles.